The predicted molar refractivity (Wildman–Crippen MR) is 63.8 cm³/mol. The molecular weight excluding hydrogens is 269 g/mol. The molecule has 0 saturated heterocycles. The minimum atomic E-state index is -4.45. The summed E-state index contributed by atoms with van der Waals surface area (Å²) in [5.74, 6) is 0. The Hall–Kier alpha value is -1.43. The van der Waals surface area contributed by atoms with Crippen LogP contribution in [-0.4, -0.2) is 12.6 Å². The van der Waals surface area contributed by atoms with Gasteiger partial charge < -0.3 is 10.6 Å². The molecule has 0 saturated carbocycles. The molecule has 7 heteroatoms. The molecule has 0 atom stereocenters. The zero-order valence-electron chi connectivity index (χ0n) is 9.57. The van der Waals surface area contributed by atoms with Crippen molar-refractivity contribution in [2.75, 3.05) is 11.9 Å². The SMILES string of the molecule is CCCNC(=O)Nc1ccc(C(F)(F)F)cc1Cl. The number of anilines is 1. The van der Waals surface area contributed by atoms with Gasteiger partial charge in [0.05, 0.1) is 16.3 Å². The van der Waals surface area contributed by atoms with Crippen LogP contribution < -0.4 is 10.6 Å². The number of hydrogen-bond donors (Lipinski definition) is 2. The minimum Gasteiger partial charge on any atom is -0.338 e. The van der Waals surface area contributed by atoms with E-state index in [0.717, 1.165) is 24.6 Å². The van der Waals surface area contributed by atoms with Crippen LogP contribution in [0.3, 0.4) is 0 Å². The van der Waals surface area contributed by atoms with E-state index in [2.05, 4.69) is 10.6 Å². The number of halogens is 4. The largest absolute Gasteiger partial charge is 0.416 e. The van der Waals surface area contributed by atoms with Crippen LogP contribution in [0, 0.1) is 0 Å². The van der Waals surface area contributed by atoms with Crippen LogP contribution in [0.2, 0.25) is 5.02 Å². The highest BCUT2D eigenvalue weighted by Crippen LogP contribution is 2.33. The van der Waals surface area contributed by atoms with E-state index in [1.54, 1.807) is 0 Å². The van der Waals surface area contributed by atoms with Crippen molar-refractivity contribution >= 4 is 23.3 Å². The average Bonchev–Trinajstić information content (AvgIpc) is 2.27. The van der Waals surface area contributed by atoms with Gasteiger partial charge in [0.1, 0.15) is 0 Å². The molecule has 0 aromatic heterocycles. The number of nitrogens with one attached hydrogen (secondary N) is 2. The van der Waals surface area contributed by atoms with Crippen LogP contribution in [0.25, 0.3) is 0 Å². The molecule has 3 nitrogen and oxygen atoms in total. The molecule has 1 aromatic rings. The molecule has 0 bridgehead atoms. The van der Waals surface area contributed by atoms with E-state index in [1.165, 1.54) is 0 Å². The van der Waals surface area contributed by atoms with Gasteiger partial charge in [0, 0.05) is 6.54 Å². The average molecular weight is 281 g/mol. The van der Waals surface area contributed by atoms with Crippen molar-refractivity contribution in [1.29, 1.82) is 0 Å². The van der Waals surface area contributed by atoms with E-state index in [-0.39, 0.29) is 10.7 Å². The lowest BCUT2D eigenvalue weighted by molar-refractivity contribution is -0.137. The Kier molecular flexibility index (Phi) is 4.84. The monoisotopic (exact) mass is 280 g/mol. The molecule has 0 aliphatic heterocycles. The summed E-state index contributed by atoms with van der Waals surface area (Å²) in [5, 5.41) is 4.74. The fourth-order valence-corrected chi connectivity index (χ4v) is 1.43. The second-order valence-corrected chi connectivity index (χ2v) is 3.98. The summed E-state index contributed by atoms with van der Waals surface area (Å²) < 4.78 is 37.1. The van der Waals surface area contributed by atoms with Gasteiger partial charge in [0.25, 0.3) is 0 Å². The summed E-state index contributed by atoms with van der Waals surface area (Å²) >= 11 is 5.67. The first kappa shape index (κ1) is 14.6. The maximum Gasteiger partial charge on any atom is 0.416 e. The van der Waals surface area contributed by atoms with Gasteiger partial charge in [0.2, 0.25) is 0 Å². The molecule has 2 N–H and O–H groups in total. The van der Waals surface area contributed by atoms with Crippen molar-refractivity contribution in [1.82, 2.24) is 5.32 Å². The molecule has 0 spiro atoms. The lowest BCUT2D eigenvalue weighted by atomic mass is 10.2. The summed E-state index contributed by atoms with van der Waals surface area (Å²) in [6.45, 7) is 2.36. The molecule has 1 rings (SSSR count). The van der Waals surface area contributed by atoms with E-state index in [9.17, 15) is 18.0 Å². The highest BCUT2D eigenvalue weighted by atomic mass is 35.5. The molecule has 2 amide bonds. The van der Waals surface area contributed by atoms with Crippen LogP contribution >= 0.6 is 11.6 Å². The summed E-state index contributed by atoms with van der Waals surface area (Å²) in [7, 11) is 0. The third kappa shape index (κ3) is 4.10. The molecular formula is C11H12ClF3N2O. The van der Waals surface area contributed by atoms with Crippen molar-refractivity contribution in [2.24, 2.45) is 0 Å². The third-order valence-electron chi connectivity index (χ3n) is 2.08. The zero-order valence-corrected chi connectivity index (χ0v) is 10.3. The molecule has 0 unspecified atom stereocenters. The number of benzene rings is 1. The quantitative estimate of drug-likeness (QED) is 0.866. The van der Waals surface area contributed by atoms with Crippen molar-refractivity contribution in [3.05, 3.63) is 28.8 Å². The van der Waals surface area contributed by atoms with E-state index in [4.69, 9.17) is 11.6 Å². The van der Waals surface area contributed by atoms with Crippen LogP contribution in [-0.2, 0) is 6.18 Å². The number of rotatable bonds is 3. The van der Waals surface area contributed by atoms with Gasteiger partial charge in [-0.15, -0.1) is 0 Å². The predicted octanol–water partition coefficient (Wildman–Crippen LogP) is 3.89. The topological polar surface area (TPSA) is 41.1 Å². The van der Waals surface area contributed by atoms with Crippen molar-refractivity contribution in [3.63, 3.8) is 0 Å². The second kappa shape index (κ2) is 5.95. The number of carbonyl (C=O) groups is 1. The Bertz CT molecular complexity index is 435. The van der Waals surface area contributed by atoms with Crippen molar-refractivity contribution in [2.45, 2.75) is 19.5 Å². The van der Waals surface area contributed by atoms with E-state index in [1.807, 2.05) is 6.92 Å². The number of amides is 2. The maximum atomic E-state index is 12.4. The standard InChI is InChI=1S/C11H12ClF3N2O/c1-2-5-16-10(18)17-9-4-3-7(6-8(9)12)11(13,14)15/h3-4,6H,2,5H2,1H3,(H2,16,17,18). The molecule has 0 fully saturated rings. The number of alkyl halides is 3. The van der Waals surface area contributed by atoms with Crippen molar-refractivity contribution in [3.8, 4) is 0 Å². The minimum absolute atomic E-state index is 0.137. The molecule has 0 aliphatic rings. The smallest absolute Gasteiger partial charge is 0.338 e. The van der Waals surface area contributed by atoms with Gasteiger partial charge in [0.15, 0.2) is 0 Å². The first-order chi connectivity index (χ1) is 8.34. The lowest BCUT2D eigenvalue weighted by Crippen LogP contribution is -2.29. The van der Waals surface area contributed by atoms with Gasteiger partial charge in [-0.25, -0.2) is 4.79 Å². The lowest BCUT2D eigenvalue weighted by Gasteiger charge is -2.11. The highest BCUT2D eigenvalue weighted by Gasteiger charge is 2.30. The summed E-state index contributed by atoms with van der Waals surface area (Å²) in [6, 6.07) is 2.26. The van der Waals surface area contributed by atoms with Gasteiger partial charge in [-0.2, -0.15) is 13.2 Å². The summed E-state index contributed by atoms with van der Waals surface area (Å²) in [6.07, 6.45) is -3.69. The Balaban J connectivity index is 2.77. The fourth-order valence-electron chi connectivity index (χ4n) is 1.20. The number of urea groups is 1. The van der Waals surface area contributed by atoms with E-state index < -0.39 is 17.8 Å². The van der Waals surface area contributed by atoms with E-state index in [0.29, 0.717) is 6.54 Å². The Morgan fingerprint density at radius 3 is 2.56 bits per heavy atom. The maximum absolute atomic E-state index is 12.4. The summed E-state index contributed by atoms with van der Waals surface area (Å²) in [4.78, 5) is 11.3. The Labute approximate surface area is 107 Å². The van der Waals surface area contributed by atoms with Gasteiger partial charge in [-0.1, -0.05) is 18.5 Å². The second-order valence-electron chi connectivity index (χ2n) is 3.57. The van der Waals surface area contributed by atoms with Crippen molar-refractivity contribution < 1.29 is 18.0 Å². The zero-order chi connectivity index (χ0) is 13.8. The van der Waals surface area contributed by atoms with Gasteiger partial charge in [-0.05, 0) is 24.6 Å². The Morgan fingerprint density at radius 1 is 1.39 bits per heavy atom. The first-order valence-corrected chi connectivity index (χ1v) is 5.64. The fraction of sp³-hybridized carbons (Fsp3) is 0.364. The van der Waals surface area contributed by atoms with E-state index >= 15 is 0 Å². The number of carbonyl (C=O) groups excluding carboxylic acids is 1. The van der Waals surface area contributed by atoms with Gasteiger partial charge in [-0.3, -0.25) is 0 Å². The molecule has 0 heterocycles. The summed E-state index contributed by atoms with van der Waals surface area (Å²) in [5.41, 5.74) is -0.717. The Morgan fingerprint density at radius 2 is 2.06 bits per heavy atom. The van der Waals surface area contributed by atoms with Crippen LogP contribution in [0.4, 0.5) is 23.7 Å². The normalized spacial score (nSPS) is 11.2. The molecule has 1 aromatic carbocycles. The van der Waals surface area contributed by atoms with Crippen LogP contribution in [0.5, 0.6) is 0 Å². The third-order valence-corrected chi connectivity index (χ3v) is 2.39. The highest BCUT2D eigenvalue weighted by molar-refractivity contribution is 6.33. The molecule has 0 aliphatic carbocycles. The molecule has 100 valence electrons. The first-order valence-electron chi connectivity index (χ1n) is 5.26. The molecule has 18 heavy (non-hydrogen) atoms. The number of hydrogen-bond acceptors (Lipinski definition) is 1. The van der Waals surface area contributed by atoms with Crippen LogP contribution in [0.15, 0.2) is 18.2 Å². The van der Waals surface area contributed by atoms with Gasteiger partial charge >= 0.3 is 12.2 Å². The molecule has 0 radical (unpaired) electrons. The van der Waals surface area contributed by atoms with Crippen LogP contribution in [0.1, 0.15) is 18.9 Å².